The highest BCUT2D eigenvalue weighted by Crippen LogP contribution is 2.39. The Morgan fingerprint density at radius 2 is 2.06 bits per heavy atom. The molecule has 1 N–H and O–H groups in total. The fraction of sp³-hybridized carbons (Fsp3) is 0.286. The van der Waals surface area contributed by atoms with E-state index in [-0.39, 0.29) is 5.69 Å². The molecular weight excluding hydrogens is 228 g/mol. The van der Waals surface area contributed by atoms with Crippen molar-refractivity contribution >= 4 is 5.97 Å². The number of rotatable bonds is 4. The monoisotopic (exact) mass is 242 g/mol. The minimum atomic E-state index is -0.955. The van der Waals surface area contributed by atoms with Crippen LogP contribution in [0.15, 0.2) is 36.5 Å². The van der Waals surface area contributed by atoms with Crippen molar-refractivity contribution < 1.29 is 9.90 Å². The molecule has 0 amide bonds. The van der Waals surface area contributed by atoms with Crippen LogP contribution in [0.1, 0.15) is 40.6 Å². The lowest BCUT2D eigenvalue weighted by atomic mass is 10.2. The summed E-state index contributed by atoms with van der Waals surface area (Å²) >= 11 is 0. The summed E-state index contributed by atoms with van der Waals surface area (Å²) in [6, 6.07) is 10.0. The molecule has 1 aromatic carbocycles. The molecule has 92 valence electrons. The highest BCUT2D eigenvalue weighted by atomic mass is 16.4. The lowest BCUT2D eigenvalue weighted by molar-refractivity contribution is 0.0691. The Hall–Kier alpha value is -2.10. The van der Waals surface area contributed by atoms with Crippen molar-refractivity contribution in [1.29, 1.82) is 0 Å². The van der Waals surface area contributed by atoms with E-state index in [1.165, 1.54) is 0 Å². The number of imidazole rings is 1. The van der Waals surface area contributed by atoms with Crippen molar-refractivity contribution in [3.63, 3.8) is 0 Å². The number of carboxylic acids is 1. The molecule has 0 spiro atoms. The first-order chi connectivity index (χ1) is 8.74. The molecule has 1 aliphatic rings. The summed E-state index contributed by atoms with van der Waals surface area (Å²) in [5, 5.41) is 9.02. The van der Waals surface area contributed by atoms with Gasteiger partial charge in [-0.05, 0) is 18.4 Å². The summed E-state index contributed by atoms with van der Waals surface area (Å²) in [7, 11) is 0. The van der Waals surface area contributed by atoms with E-state index in [0.29, 0.717) is 12.5 Å². The second kappa shape index (κ2) is 4.29. The van der Waals surface area contributed by atoms with Gasteiger partial charge in [0.25, 0.3) is 0 Å². The molecule has 3 rings (SSSR count). The summed E-state index contributed by atoms with van der Waals surface area (Å²) in [6.45, 7) is 0.687. The number of aromatic nitrogens is 2. The van der Waals surface area contributed by atoms with E-state index in [9.17, 15) is 4.79 Å². The number of carbonyl (C=O) groups is 1. The van der Waals surface area contributed by atoms with Gasteiger partial charge in [0, 0.05) is 18.7 Å². The number of carboxylic acid groups (broad SMARTS) is 1. The van der Waals surface area contributed by atoms with Crippen molar-refractivity contribution in [2.24, 2.45) is 0 Å². The zero-order chi connectivity index (χ0) is 12.5. The van der Waals surface area contributed by atoms with E-state index >= 15 is 0 Å². The van der Waals surface area contributed by atoms with Gasteiger partial charge in [-0.2, -0.15) is 0 Å². The number of aromatic carboxylic acids is 1. The van der Waals surface area contributed by atoms with Crippen molar-refractivity contribution in [1.82, 2.24) is 9.55 Å². The van der Waals surface area contributed by atoms with E-state index < -0.39 is 5.97 Å². The van der Waals surface area contributed by atoms with Gasteiger partial charge >= 0.3 is 5.97 Å². The molecule has 0 atom stereocenters. The van der Waals surface area contributed by atoms with Crippen molar-refractivity contribution in [3.8, 4) is 0 Å². The number of hydrogen-bond acceptors (Lipinski definition) is 2. The van der Waals surface area contributed by atoms with E-state index in [0.717, 1.165) is 24.2 Å². The maximum absolute atomic E-state index is 11.0. The van der Waals surface area contributed by atoms with Gasteiger partial charge in [0.05, 0.1) is 0 Å². The number of hydrogen-bond donors (Lipinski definition) is 1. The molecule has 4 heteroatoms. The van der Waals surface area contributed by atoms with Crippen LogP contribution in [-0.4, -0.2) is 20.6 Å². The highest BCUT2D eigenvalue weighted by Gasteiger charge is 2.29. The van der Waals surface area contributed by atoms with Gasteiger partial charge in [-0.3, -0.25) is 0 Å². The number of nitrogens with zero attached hydrogens (tertiary/aromatic N) is 2. The summed E-state index contributed by atoms with van der Waals surface area (Å²) in [5.74, 6) is 0.404. The van der Waals surface area contributed by atoms with Crippen LogP contribution >= 0.6 is 0 Å². The summed E-state index contributed by atoms with van der Waals surface area (Å²) < 4.78 is 1.97. The zero-order valence-electron chi connectivity index (χ0n) is 9.91. The molecular formula is C14H14N2O2. The first-order valence-corrected chi connectivity index (χ1v) is 6.08. The van der Waals surface area contributed by atoms with Gasteiger partial charge in [-0.15, -0.1) is 0 Å². The molecule has 4 nitrogen and oxygen atoms in total. The third-order valence-electron chi connectivity index (χ3n) is 3.16. The standard InChI is InChI=1S/C14H14N2O2/c17-14(18)12-9-16(13(15-12)11-6-7-11)8-10-4-2-1-3-5-10/h1-5,9,11H,6-8H2,(H,17,18). The fourth-order valence-corrected chi connectivity index (χ4v) is 2.11. The van der Waals surface area contributed by atoms with Gasteiger partial charge in [-0.25, -0.2) is 9.78 Å². The van der Waals surface area contributed by atoms with Crippen LogP contribution in [0.25, 0.3) is 0 Å². The highest BCUT2D eigenvalue weighted by molar-refractivity contribution is 5.85. The molecule has 1 heterocycles. The predicted octanol–water partition coefficient (Wildman–Crippen LogP) is 2.51. The molecule has 18 heavy (non-hydrogen) atoms. The van der Waals surface area contributed by atoms with Crippen LogP contribution in [0, 0.1) is 0 Å². The predicted molar refractivity (Wildman–Crippen MR) is 66.7 cm³/mol. The second-order valence-electron chi connectivity index (χ2n) is 4.68. The maximum atomic E-state index is 11.0. The van der Waals surface area contributed by atoms with Gasteiger partial charge in [0.1, 0.15) is 5.82 Å². The average molecular weight is 242 g/mol. The summed E-state index contributed by atoms with van der Waals surface area (Å²) in [4.78, 5) is 15.2. The molecule has 0 saturated heterocycles. The lowest BCUT2D eigenvalue weighted by Crippen LogP contribution is -2.02. The van der Waals surface area contributed by atoms with Crippen molar-refractivity contribution in [2.75, 3.05) is 0 Å². The first-order valence-electron chi connectivity index (χ1n) is 6.08. The molecule has 0 aliphatic heterocycles. The molecule has 0 radical (unpaired) electrons. The molecule has 1 aliphatic carbocycles. The average Bonchev–Trinajstić information content (AvgIpc) is 3.12. The Balaban J connectivity index is 1.92. The SMILES string of the molecule is O=C(O)c1cn(Cc2ccccc2)c(C2CC2)n1. The largest absolute Gasteiger partial charge is 0.476 e. The normalized spacial score (nSPS) is 14.7. The van der Waals surface area contributed by atoms with Crippen LogP contribution < -0.4 is 0 Å². The first kappa shape index (κ1) is 11.0. The Bertz CT molecular complexity index is 571. The molecule has 0 unspecified atom stereocenters. The molecule has 1 saturated carbocycles. The van der Waals surface area contributed by atoms with Gasteiger partial charge in [-0.1, -0.05) is 30.3 Å². The van der Waals surface area contributed by atoms with Crippen molar-refractivity contribution in [2.45, 2.75) is 25.3 Å². The zero-order valence-corrected chi connectivity index (χ0v) is 9.91. The van der Waals surface area contributed by atoms with Gasteiger partial charge in [0.2, 0.25) is 0 Å². The topological polar surface area (TPSA) is 55.1 Å². The van der Waals surface area contributed by atoms with Gasteiger partial charge in [0.15, 0.2) is 5.69 Å². The second-order valence-corrected chi connectivity index (χ2v) is 4.68. The van der Waals surface area contributed by atoms with Crippen LogP contribution in [0.2, 0.25) is 0 Å². The fourth-order valence-electron chi connectivity index (χ4n) is 2.11. The van der Waals surface area contributed by atoms with Crippen molar-refractivity contribution in [3.05, 3.63) is 53.6 Å². The van der Waals surface area contributed by atoms with E-state index in [1.54, 1.807) is 6.20 Å². The third kappa shape index (κ3) is 2.14. The van der Waals surface area contributed by atoms with Crippen LogP contribution in [0.4, 0.5) is 0 Å². The van der Waals surface area contributed by atoms with E-state index in [4.69, 9.17) is 5.11 Å². The third-order valence-corrected chi connectivity index (χ3v) is 3.16. The molecule has 2 aromatic rings. The Labute approximate surface area is 105 Å². The van der Waals surface area contributed by atoms with Crippen LogP contribution in [-0.2, 0) is 6.54 Å². The smallest absolute Gasteiger partial charge is 0.356 e. The summed E-state index contributed by atoms with van der Waals surface area (Å²) in [6.07, 6.45) is 3.87. The minimum Gasteiger partial charge on any atom is -0.476 e. The summed E-state index contributed by atoms with van der Waals surface area (Å²) in [5.41, 5.74) is 1.31. The Morgan fingerprint density at radius 1 is 1.33 bits per heavy atom. The minimum absolute atomic E-state index is 0.146. The molecule has 0 bridgehead atoms. The molecule has 1 aromatic heterocycles. The lowest BCUT2D eigenvalue weighted by Gasteiger charge is -2.06. The van der Waals surface area contributed by atoms with E-state index in [1.807, 2.05) is 34.9 Å². The van der Waals surface area contributed by atoms with E-state index in [2.05, 4.69) is 4.98 Å². The van der Waals surface area contributed by atoms with Gasteiger partial charge < -0.3 is 9.67 Å². The maximum Gasteiger partial charge on any atom is 0.356 e. The quantitative estimate of drug-likeness (QED) is 0.896. The van der Waals surface area contributed by atoms with Crippen LogP contribution in [0.5, 0.6) is 0 Å². The molecule has 1 fully saturated rings. The Kier molecular flexibility index (Phi) is 2.63. The number of benzene rings is 1. The Morgan fingerprint density at radius 3 is 2.67 bits per heavy atom. The van der Waals surface area contributed by atoms with Crippen LogP contribution in [0.3, 0.4) is 0 Å².